The molecule has 0 unspecified atom stereocenters. The first-order chi connectivity index (χ1) is 13.6. The van der Waals surface area contributed by atoms with Gasteiger partial charge in [-0.3, -0.25) is 9.59 Å². The maximum Gasteiger partial charge on any atom is 0.354 e. The van der Waals surface area contributed by atoms with Crippen LogP contribution in [0.4, 0.5) is 4.39 Å². The van der Waals surface area contributed by atoms with Crippen LogP contribution in [0.15, 0.2) is 24.3 Å². The van der Waals surface area contributed by atoms with Crippen LogP contribution in [0.25, 0.3) is 0 Å². The molecule has 0 N–H and O–H groups in total. The number of benzene rings is 1. The number of nitrogens with zero attached hydrogens (tertiary/aromatic N) is 2. The van der Waals surface area contributed by atoms with Crippen molar-refractivity contribution in [1.82, 2.24) is 9.47 Å². The Morgan fingerprint density at radius 3 is 2.28 bits per heavy atom. The zero-order valence-corrected chi connectivity index (χ0v) is 17.7. The Bertz CT molecular complexity index is 931. The van der Waals surface area contributed by atoms with E-state index in [9.17, 15) is 18.8 Å². The monoisotopic (exact) mass is 402 g/mol. The fourth-order valence-corrected chi connectivity index (χ4v) is 3.51. The minimum atomic E-state index is -0.752. The van der Waals surface area contributed by atoms with Crippen molar-refractivity contribution in [2.45, 2.75) is 46.7 Å². The van der Waals surface area contributed by atoms with E-state index in [0.717, 1.165) is 5.56 Å². The highest BCUT2D eigenvalue weighted by Gasteiger charge is 2.32. The molecule has 7 heteroatoms. The van der Waals surface area contributed by atoms with Crippen molar-refractivity contribution in [3.05, 3.63) is 58.2 Å². The summed E-state index contributed by atoms with van der Waals surface area (Å²) in [6.45, 7) is 7.04. The van der Waals surface area contributed by atoms with Crippen LogP contribution in [0, 0.1) is 19.7 Å². The maximum absolute atomic E-state index is 13.3. The van der Waals surface area contributed by atoms with E-state index in [0.29, 0.717) is 22.5 Å². The lowest BCUT2D eigenvalue weighted by atomic mass is 9.99. The van der Waals surface area contributed by atoms with Crippen molar-refractivity contribution in [1.29, 1.82) is 0 Å². The lowest BCUT2D eigenvalue weighted by molar-refractivity contribution is -0.132. The molecule has 1 heterocycles. The summed E-state index contributed by atoms with van der Waals surface area (Å²) in [4.78, 5) is 39.5. The minimum Gasteiger partial charge on any atom is -0.464 e. The van der Waals surface area contributed by atoms with E-state index < -0.39 is 12.0 Å². The molecule has 0 saturated heterocycles. The van der Waals surface area contributed by atoms with Crippen LogP contribution < -0.4 is 0 Å². The zero-order valence-electron chi connectivity index (χ0n) is 17.7. The van der Waals surface area contributed by atoms with E-state index >= 15 is 0 Å². The van der Waals surface area contributed by atoms with E-state index in [4.69, 9.17) is 4.74 Å². The average Bonchev–Trinajstić information content (AvgIpc) is 2.93. The second kappa shape index (κ2) is 9.03. The number of hydrogen-bond donors (Lipinski definition) is 0. The Morgan fingerprint density at radius 2 is 1.76 bits per heavy atom. The van der Waals surface area contributed by atoms with Crippen LogP contribution in [0.5, 0.6) is 0 Å². The molecule has 156 valence electrons. The van der Waals surface area contributed by atoms with E-state index in [1.165, 1.54) is 24.1 Å². The molecule has 0 aliphatic carbocycles. The molecular weight excluding hydrogens is 375 g/mol. The molecule has 2 aromatic rings. The summed E-state index contributed by atoms with van der Waals surface area (Å²) >= 11 is 0. The average molecular weight is 402 g/mol. The molecule has 0 aliphatic heterocycles. The predicted octanol–water partition coefficient (Wildman–Crippen LogP) is 3.58. The van der Waals surface area contributed by atoms with Crippen molar-refractivity contribution in [2.24, 2.45) is 7.05 Å². The number of carbonyl (C=O) groups excluding carboxylic acids is 3. The highest BCUT2D eigenvalue weighted by molar-refractivity contribution is 6.06. The molecule has 0 saturated carbocycles. The Hall–Kier alpha value is -2.96. The first-order valence-electron chi connectivity index (χ1n) is 9.46. The quantitative estimate of drug-likeness (QED) is 0.524. The van der Waals surface area contributed by atoms with E-state index in [-0.39, 0.29) is 30.5 Å². The molecule has 29 heavy (non-hydrogen) atoms. The van der Waals surface area contributed by atoms with Gasteiger partial charge in [-0.15, -0.1) is 0 Å². The van der Waals surface area contributed by atoms with Crippen molar-refractivity contribution < 1.29 is 23.5 Å². The normalized spacial score (nSPS) is 11.8. The third-order valence-electron chi connectivity index (χ3n) is 5.29. The molecule has 2 rings (SSSR count). The lowest BCUT2D eigenvalue weighted by Gasteiger charge is -2.28. The highest BCUT2D eigenvalue weighted by atomic mass is 19.1. The summed E-state index contributed by atoms with van der Waals surface area (Å²) in [5.41, 5.74) is 2.61. The number of ether oxygens (including phenoxy) is 1. The number of carbonyl (C=O) groups is 3. The SMILES string of the molecule is CCC(=O)N(Cc1ccc(F)cc1)[C@H](C)C(=O)c1c(C)c(C(=O)OC)n(C)c1C. The summed E-state index contributed by atoms with van der Waals surface area (Å²) in [5, 5.41) is 0. The topological polar surface area (TPSA) is 68.6 Å². The van der Waals surface area contributed by atoms with Gasteiger partial charge in [0.15, 0.2) is 5.78 Å². The molecular formula is C22H27FN2O4. The number of aromatic nitrogens is 1. The molecule has 6 nitrogen and oxygen atoms in total. The third kappa shape index (κ3) is 4.39. The molecule has 0 fully saturated rings. The van der Waals surface area contributed by atoms with Crippen LogP contribution in [0.1, 0.15) is 57.9 Å². The van der Waals surface area contributed by atoms with E-state index in [1.54, 1.807) is 51.4 Å². The van der Waals surface area contributed by atoms with Crippen molar-refractivity contribution in [3.8, 4) is 0 Å². The van der Waals surface area contributed by atoms with Gasteiger partial charge in [-0.2, -0.15) is 0 Å². The van der Waals surface area contributed by atoms with Crippen LogP contribution in [-0.4, -0.2) is 40.3 Å². The van der Waals surface area contributed by atoms with Gasteiger partial charge in [0.05, 0.1) is 13.2 Å². The van der Waals surface area contributed by atoms with Crippen LogP contribution >= 0.6 is 0 Å². The van der Waals surface area contributed by atoms with Crippen LogP contribution in [-0.2, 0) is 23.1 Å². The molecule has 0 spiro atoms. The number of halogens is 1. The molecule has 0 radical (unpaired) electrons. The Labute approximate surface area is 170 Å². The minimum absolute atomic E-state index is 0.186. The number of esters is 1. The van der Waals surface area contributed by atoms with Crippen LogP contribution in [0.2, 0.25) is 0 Å². The van der Waals surface area contributed by atoms with E-state index in [2.05, 4.69) is 0 Å². The van der Waals surface area contributed by atoms with Gasteiger partial charge in [0.25, 0.3) is 0 Å². The van der Waals surface area contributed by atoms with Crippen LogP contribution in [0.3, 0.4) is 0 Å². The van der Waals surface area contributed by atoms with Crippen molar-refractivity contribution >= 4 is 17.7 Å². The van der Waals surface area contributed by atoms with Gasteiger partial charge >= 0.3 is 5.97 Å². The van der Waals surface area contributed by atoms with Gasteiger partial charge in [0, 0.05) is 31.3 Å². The number of Topliss-reactive ketones (excluding diaryl/α,β-unsaturated/α-hetero) is 1. The molecule has 1 amide bonds. The van der Waals surface area contributed by atoms with Gasteiger partial charge < -0.3 is 14.2 Å². The first kappa shape index (κ1) is 22.3. The molecule has 1 atom stereocenters. The molecule has 1 aromatic heterocycles. The fraction of sp³-hybridized carbons (Fsp3) is 0.409. The maximum atomic E-state index is 13.3. The molecule has 0 bridgehead atoms. The molecule has 0 aliphatic rings. The Morgan fingerprint density at radius 1 is 1.17 bits per heavy atom. The molecule has 1 aromatic carbocycles. The number of rotatable bonds is 7. The first-order valence-corrected chi connectivity index (χ1v) is 9.46. The summed E-state index contributed by atoms with van der Waals surface area (Å²) in [6.07, 6.45) is 0.235. The smallest absolute Gasteiger partial charge is 0.354 e. The summed E-state index contributed by atoms with van der Waals surface area (Å²) in [7, 11) is 2.99. The van der Waals surface area contributed by atoms with Gasteiger partial charge in [0.2, 0.25) is 5.91 Å². The van der Waals surface area contributed by atoms with Gasteiger partial charge in [0.1, 0.15) is 11.5 Å². The second-order valence-electron chi connectivity index (χ2n) is 7.03. The summed E-state index contributed by atoms with van der Waals surface area (Å²) in [5.74, 6) is -1.33. The van der Waals surface area contributed by atoms with Gasteiger partial charge in [-0.05, 0) is 44.0 Å². The van der Waals surface area contributed by atoms with Crippen molar-refractivity contribution in [3.63, 3.8) is 0 Å². The van der Waals surface area contributed by atoms with Gasteiger partial charge in [-0.1, -0.05) is 19.1 Å². The number of hydrogen-bond acceptors (Lipinski definition) is 4. The predicted molar refractivity (Wildman–Crippen MR) is 107 cm³/mol. The summed E-state index contributed by atoms with van der Waals surface area (Å²) in [6, 6.07) is 5.08. The summed E-state index contributed by atoms with van der Waals surface area (Å²) < 4.78 is 19.7. The van der Waals surface area contributed by atoms with E-state index in [1.807, 2.05) is 0 Å². The van der Waals surface area contributed by atoms with Gasteiger partial charge in [-0.25, -0.2) is 9.18 Å². The highest BCUT2D eigenvalue weighted by Crippen LogP contribution is 2.25. The Balaban J connectivity index is 2.42. The Kier molecular flexibility index (Phi) is 6.95. The third-order valence-corrected chi connectivity index (χ3v) is 5.29. The fourth-order valence-electron chi connectivity index (χ4n) is 3.51. The lowest BCUT2D eigenvalue weighted by Crippen LogP contribution is -2.42. The standard InChI is InChI=1S/C22H27FN2O4/c1-7-18(26)25(12-16-8-10-17(23)11-9-16)15(4)21(27)19-13(2)20(22(28)29-6)24(5)14(19)3/h8-11,15H,7,12H2,1-6H3/t15-/m1/s1. The number of methoxy groups -OCH3 is 1. The van der Waals surface area contributed by atoms with Crippen molar-refractivity contribution in [2.75, 3.05) is 7.11 Å². The number of ketones is 1. The largest absolute Gasteiger partial charge is 0.464 e. The number of amides is 1. The zero-order chi connectivity index (χ0) is 21.9. The second-order valence-corrected chi connectivity index (χ2v) is 7.03.